The maximum absolute atomic E-state index is 13.0. The highest BCUT2D eigenvalue weighted by molar-refractivity contribution is 5.97. The average molecular weight is 453 g/mol. The molecule has 5 nitrogen and oxygen atoms in total. The lowest BCUT2D eigenvalue weighted by Gasteiger charge is -2.42. The Morgan fingerprint density at radius 2 is 1.47 bits per heavy atom. The van der Waals surface area contributed by atoms with Crippen LogP contribution in [0.3, 0.4) is 0 Å². The Morgan fingerprint density at radius 3 is 2.09 bits per heavy atom. The van der Waals surface area contributed by atoms with Crippen LogP contribution in [0, 0.1) is 11.8 Å². The second-order valence-electron chi connectivity index (χ2n) is 10.3. The van der Waals surface area contributed by atoms with E-state index in [2.05, 4.69) is 60.0 Å². The van der Waals surface area contributed by atoms with Gasteiger partial charge in [-0.05, 0) is 48.6 Å². The summed E-state index contributed by atoms with van der Waals surface area (Å²) >= 11 is 0. The molecule has 4 aliphatic heterocycles. The van der Waals surface area contributed by atoms with Crippen molar-refractivity contribution >= 4 is 17.3 Å². The van der Waals surface area contributed by atoms with E-state index in [4.69, 9.17) is 9.47 Å². The summed E-state index contributed by atoms with van der Waals surface area (Å²) in [5, 5.41) is 0. The molecule has 0 saturated carbocycles. The van der Waals surface area contributed by atoms with Gasteiger partial charge < -0.3 is 19.3 Å². The van der Waals surface area contributed by atoms with E-state index >= 15 is 0 Å². The molecule has 2 saturated heterocycles. The molecule has 172 valence electrons. The molecule has 0 radical (unpaired) electrons. The zero-order chi connectivity index (χ0) is 23.0. The van der Waals surface area contributed by atoms with Crippen LogP contribution in [0.5, 0.6) is 11.5 Å². The number of anilines is 2. The lowest BCUT2D eigenvalue weighted by atomic mass is 9.77. The maximum Gasteiger partial charge on any atom is 0.340 e. The number of hydrogen-bond donors (Lipinski definition) is 0. The lowest BCUT2D eigenvalue weighted by molar-refractivity contribution is 0.0224. The first kappa shape index (κ1) is 20.0. The van der Waals surface area contributed by atoms with Crippen molar-refractivity contribution in [3.63, 3.8) is 0 Å². The highest BCUT2D eigenvalue weighted by Crippen LogP contribution is 2.57. The van der Waals surface area contributed by atoms with E-state index in [0.717, 1.165) is 71.7 Å². The Morgan fingerprint density at radius 1 is 0.853 bits per heavy atom. The third-order valence-electron chi connectivity index (χ3n) is 8.01. The maximum atomic E-state index is 13.0. The van der Waals surface area contributed by atoms with Gasteiger partial charge in [-0.25, -0.2) is 4.79 Å². The molecule has 7 rings (SSSR count). The van der Waals surface area contributed by atoms with Crippen LogP contribution >= 0.6 is 0 Å². The number of carbonyl (C=O) groups is 1. The van der Waals surface area contributed by atoms with Crippen molar-refractivity contribution < 1.29 is 14.3 Å². The number of rotatable bonds is 3. The molecule has 0 bridgehead atoms. The second kappa shape index (κ2) is 7.02. The largest absolute Gasteiger partial charge is 0.456 e. The summed E-state index contributed by atoms with van der Waals surface area (Å²) in [7, 11) is 0. The van der Waals surface area contributed by atoms with Gasteiger partial charge in [-0.15, -0.1) is 0 Å². The molecule has 2 fully saturated rings. The predicted molar refractivity (Wildman–Crippen MR) is 132 cm³/mol. The van der Waals surface area contributed by atoms with Crippen LogP contribution in [0.25, 0.3) is 0 Å². The summed E-state index contributed by atoms with van der Waals surface area (Å²) in [6, 6.07) is 20.4. The average Bonchev–Trinajstić information content (AvgIpc) is 3.09. The van der Waals surface area contributed by atoms with E-state index in [1.807, 2.05) is 24.3 Å². The number of fused-ring (bicyclic) bond motifs is 6. The van der Waals surface area contributed by atoms with Crippen molar-refractivity contribution in [1.82, 2.24) is 0 Å². The van der Waals surface area contributed by atoms with Gasteiger partial charge in [-0.3, -0.25) is 0 Å². The first-order valence-electron chi connectivity index (χ1n) is 12.4. The lowest BCUT2D eigenvalue weighted by Crippen LogP contribution is -2.46. The van der Waals surface area contributed by atoms with Gasteiger partial charge in [0.25, 0.3) is 0 Å². The first-order valence-corrected chi connectivity index (χ1v) is 12.4. The summed E-state index contributed by atoms with van der Waals surface area (Å²) in [4.78, 5) is 17.8. The van der Waals surface area contributed by atoms with Gasteiger partial charge in [0.1, 0.15) is 11.5 Å². The monoisotopic (exact) mass is 452 g/mol. The topological polar surface area (TPSA) is 42.0 Å². The number of carbonyl (C=O) groups excluding carboxylic acids is 1. The van der Waals surface area contributed by atoms with Crippen LogP contribution in [-0.2, 0) is 10.3 Å². The number of ether oxygens (including phenoxy) is 2. The molecule has 3 aromatic carbocycles. The summed E-state index contributed by atoms with van der Waals surface area (Å²) in [6.45, 7) is 8.78. The molecule has 0 aliphatic carbocycles. The Labute approximate surface area is 199 Å². The molecule has 3 aromatic rings. The Kier molecular flexibility index (Phi) is 4.12. The van der Waals surface area contributed by atoms with Gasteiger partial charge in [0.15, 0.2) is 5.60 Å². The van der Waals surface area contributed by atoms with Crippen LogP contribution in [-0.4, -0.2) is 32.1 Å². The zero-order valence-corrected chi connectivity index (χ0v) is 19.6. The fourth-order valence-electron chi connectivity index (χ4n) is 6.00. The summed E-state index contributed by atoms with van der Waals surface area (Å²) < 4.78 is 12.9. The summed E-state index contributed by atoms with van der Waals surface area (Å²) in [5.41, 5.74) is 4.61. The van der Waals surface area contributed by atoms with E-state index in [1.54, 1.807) is 0 Å². The number of hydrogen-bond acceptors (Lipinski definition) is 5. The minimum absolute atomic E-state index is 0.285. The minimum Gasteiger partial charge on any atom is -0.456 e. The van der Waals surface area contributed by atoms with E-state index < -0.39 is 5.60 Å². The van der Waals surface area contributed by atoms with Gasteiger partial charge in [0.2, 0.25) is 0 Å². The molecule has 1 atom stereocenters. The smallest absolute Gasteiger partial charge is 0.340 e. The number of benzene rings is 3. The molecule has 4 heterocycles. The highest BCUT2D eigenvalue weighted by Gasteiger charge is 2.53. The SMILES string of the molecule is CCC1CN(c2ccc3c(c2)Oc2cc(N4CC(C)C4)ccc2C32OC(=O)c3ccccc32)C1. The number of nitrogens with zero attached hydrogens (tertiary/aromatic N) is 2. The molecular weight excluding hydrogens is 424 g/mol. The highest BCUT2D eigenvalue weighted by atomic mass is 16.6. The van der Waals surface area contributed by atoms with Crippen molar-refractivity contribution in [2.75, 3.05) is 36.0 Å². The van der Waals surface area contributed by atoms with Crippen LogP contribution in [0.1, 0.15) is 47.3 Å². The van der Waals surface area contributed by atoms with Gasteiger partial charge in [-0.2, -0.15) is 0 Å². The first-order chi connectivity index (χ1) is 16.6. The molecule has 1 spiro atoms. The van der Waals surface area contributed by atoms with Gasteiger partial charge >= 0.3 is 5.97 Å². The Balaban J connectivity index is 1.39. The Bertz CT molecular complexity index is 1320. The molecule has 0 amide bonds. The second-order valence-corrected chi connectivity index (χ2v) is 10.3. The van der Waals surface area contributed by atoms with Gasteiger partial charge in [0.05, 0.1) is 5.56 Å². The summed E-state index contributed by atoms with van der Waals surface area (Å²) in [6.07, 6.45) is 1.21. The molecular formula is C29H28N2O3. The van der Waals surface area contributed by atoms with Gasteiger partial charge in [0, 0.05) is 66.4 Å². The molecule has 0 aromatic heterocycles. The molecule has 1 unspecified atom stereocenters. The molecule has 4 aliphatic rings. The van der Waals surface area contributed by atoms with Crippen molar-refractivity contribution in [2.24, 2.45) is 11.8 Å². The molecule has 5 heteroatoms. The fourth-order valence-corrected chi connectivity index (χ4v) is 6.00. The number of esters is 1. The third-order valence-corrected chi connectivity index (χ3v) is 8.01. The van der Waals surface area contributed by atoms with Crippen LogP contribution in [0.4, 0.5) is 11.4 Å². The van der Waals surface area contributed by atoms with E-state index in [0.29, 0.717) is 11.5 Å². The van der Waals surface area contributed by atoms with Crippen molar-refractivity contribution in [1.29, 1.82) is 0 Å². The predicted octanol–water partition coefficient (Wildman–Crippen LogP) is 5.56. The zero-order valence-electron chi connectivity index (χ0n) is 19.6. The van der Waals surface area contributed by atoms with Crippen molar-refractivity contribution in [3.05, 3.63) is 82.9 Å². The minimum atomic E-state index is -0.989. The third kappa shape index (κ3) is 2.64. The van der Waals surface area contributed by atoms with Gasteiger partial charge in [-0.1, -0.05) is 32.0 Å². The van der Waals surface area contributed by atoms with E-state index in [9.17, 15) is 4.79 Å². The van der Waals surface area contributed by atoms with Crippen LogP contribution in [0.15, 0.2) is 60.7 Å². The van der Waals surface area contributed by atoms with Crippen molar-refractivity contribution in [2.45, 2.75) is 25.9 Å². The normalized spacial score (nSPS) is 22.9. The fraction of sp³-hybridized carbons (Fsp3) is 0.345. The molecule has 34 heavy (non-hydrogen) atoms. The molecule has 0 N–H and O–H groups in total. The standard InChI is InChI=1S/C29H28N2O3/c1-3-19-16-31(17-19)21-9-11-25-27(13-21)33-26-12-20(30-14-18(2)15-30)8-10-24(26)29(25)23-7-5-4-6-22(23)28(32)34-29/h4-13,18-19H,3,14-17H2,1-2H3. The Hall–Kier alpha value is -3.47. The quantitative estimate of drug-likeness (QED) is 0.487. The van der Waals surface area contributed by atoms with Crippen molar-refractivity contribution in [3.8, 4) is 11.5 Å². The van der Waals surface area contributed by atoms with E-state index in [1.165, 1.54) is 6.42 Å². The van der Waals surface area contributed by atoms with Crippen LogP contribution < -0.4 is 14.5 Å². The van der Waals surface area contributed by atoms with E-state index in [-0.39, 0.29) is 5.97 Å². The van der Waals surface area contributed by atoms with Crippen LogP contribution in [0.2, 0.25) is 0 Å². The summed E-state index contributed by atoms with van der Waals surface area (Å²) in [5.74, 6) is 2.71.